The Morgan fingerprint density at radius 1 is 1.22 bits per heavy atom. The largest absolute Gasteiger partial charge is 0.469 e. The molecule has 0 fully saturated rings. The average Bonchev–Trinajstić information content (AvgIpc) is 2.36. The summed E-state index contributed by atoms with van der Waals surface area (Å²) in [6.45, 7) is 4.08. The van der Waals surface area contributed by atoms with E-state index in [1.54, 1.807) is 24.3 Å². The number of hydrogen-bond donors (Lipinski definition) is 0. The standard InChI is InChI=1S/C13H18O4S/c1-10(2)11-4-6-12(7-5-11)18(15,16)9-8-13(14)17-3/h4-7,10H,8-9H2,1-3H3. The molecule has 0 heterocycles. The van der Waals surface area contributed by atoms with Gasteiger partial charge in [-0.15, -0.1) is 0 Å². The van der Waals surface area contributed by atoms with E-state index in [9.17, 15) is 13.2 Å². The maximum Gasteiger partial charge on any atom is 0.306 e. The zero-order chi connectivity index (χ0) is 13.8. The predicted molar refractivity (Wildman–Crippen MR) is 69.2 cm³/mol. The number of methoxy groups -OCH3 is 1. The molecule has 0 N–H and O–H groups in total. The van der Waals surface area contributed by atoms with Gasteiger partial charge in [-0.2, -0.15) is 0 Å². The van der Waals surface area contributed by atoms with Crippen molar-refractivity contribution in [3.05, 3.63) is 29.8 Å². The Morgan fingerprint density at radius 3 is 2.22 bits per heavy atom. The second-order valence-corrected chi connectivity index (χ2v) is 6.48. The number of carbonyl (C=O) groups excluding carboxylic acids is 1. The predicted octanol–water partition coefficient (Wildman–Crippen LogP) is 2.15. The molecule has 0 radical (unpaired) electrons. The molecule has 0 aliphatic rings. The maximum absolute atomic E-state index is 11.9. The fraction of sp³-hybridized carbons (Fsp3) is 0.462. The summed E-state index contributed by atoms with van der Waals surface area (Å²) in [5.74, 6) is -0.380. The van der Waals surface area contributed by atoms with Crippen LogP contribution in [-0.4, -0.2) is 27.2 Å². The van der Waals surface area contributed by atoms with E-state index in [-0.39, 0.29) is 17.1 Å². The molecule has 100 valence electrons. The summed E-state index contributed by atoms with van der Waals surface area (Å²) >= 11 is 0. The van der Waals surface area contributed by atoms with Crippen LogP contribution in [0.5, 0.6) is 0 Å². The molecule has 1 rings (SSSR count). The van der Waals surface area contributed by atoms with Crippen LogP contribution in [0.4, 0.5) is 0 Å². The molecule has 4 nitrogen and oxygen atoms in total. The molecule has 0 saturated heterocycles. The van der Waals surface area contributed by atoms with Crippen LogP contribution in [0, 0.1) is 0 Å². The lowest BCUT2D eigenvalue weighted by atomic mass is 10.0. The lowest BCUT2D eigenvalue weighted by molar-refractivity contribution is -0.140. The zero-order valence-electron chi connectivity index (χ0n) is 10.8. The number of benzene rings is 1. The molecule has 5 heteroatoms. The number of carbonyl (C=O) groups is 1. The quantitative estimate of drug-likeness (QED) is 0.769. The van der Waals surface area contributed by atoms with E-state index in [1.807, 2.05) is 13.8 Å². The van der Waals surface area contributed by atoms with E-state index in [2.05, 4.69) is 4.74 Å². The minimum Gasteiger partial charge on any atom is -0.469 e. The first-order valence-corrected chi connectivity index (χ1v) is 7.41. The van der Waals surface area contributed by atoms with Crippen LogP contribution in [0.3, 0.4) is 0 Å². The molecular formula is C13H18O4S. The molecule has 0 aliphatic carbocycles. The molecular weight excluding hydrogens is 252 g/mol. The Hall–Kier alpha value is -1.36. The summed E-state index contributed by atoms with van der Waals surface area (Å²) in [4.78, 5) is 11.2. The van der Waals surface area contributed by atoms with Crippen molar-refractivity contribution in [3.63, 3.8) is 0 Å². The second kappa shape index (κ2) is 6.00. The lowest BCUT2D eigenvalue weighted by Gasteiger charge is -2.07. The van der Waals surface area contributed by atoms with Gasteiger partial charge in [-0.1, -0.05) is 26.0 Å². The van der Waals surface area contributed by atoms with Gasteiger partial charge in [0.25, 0.3) is 0 Å². The summed E-state index contributed by atoms with van der Waals surface area (Å²) in [6, 6.07) is 6.77. The van der Waals surface area contributed by atoms with Crippen molar-refractivity contribution in [2.45, 2.75) is 31.1 Å². The highest BCUT2D eigenvalue weighted by Gasteiger charge is 2.16. The van der Waals surface area contributed by atoms with E-state index >= 15 is 0 Å². The molecule has 1 aromatic rings. The van der Waals surface area contributed by atoms with Crippen molar-refractivity contribution in [2.75, 3.05) is 12.9 Å². The number of rotatable bonds is 5. The first-order chi connectivity index (χ1) is 8.36. The highest BCUT2D eigenvalue weighted by Crippen LogP contribution is 2.18. The normalized spacial score (nSPS) is 11.6. The summed E-state index contributed by atoms with van der Waals surface area (Å²) in [6.07, 6.45) is -0.120. The third-order valence-corrected chi connectivity index (χ3v) is 4.44. The Morgan fingerprint density at radius 2 is 1.78 bits per heavy atom. The van der Waals surface area contributed by atoms with Crippen molar-refractivity contribution in [3.8, 4) is 0 Å². The SMILES string of the molecule is COC(=O)CCS(=O)(=O)c1ccc(C(C)C)cc1. The van der Waals surface area contributed by atoms with E-state index < -0.39 is 15.8 Å². The van der Waals surface area contributed by atoms with Gasteiger partial charge in [-0.05, 0) is 23.6 Å². The highest BCUT2D eigenvalue weighted by molar-refractivity contribution is 7.91. The molecule has 0 aliphatic heterocycles. The third kappa shape index (κ3) is 3.84. The van der Waals surface area contributed by atoms with E-state index in [0.717, 1.165) is 5.56 Å². The molecule has 0 amide bonds. The first-order valence-electron chi connectivity index (χ1n) is 5.76. The van der Waals surface area contributed by atoms with Crippen molar-refractivity contribution >= 4 is 15.8 Å². The van der Waals surface area contributed by atoms with Crippen molar-refractivity contribution in [1.82, 2.24) is 0 Å². The smallest absolute Gasteiger partial charge is 0.306 e. The Bertz CT molecular complexity index is 500. The van der Waals surface area contributed by atoms with Crippen molar-refractivity contribution < 1.29 is 17.9 Å². The zero-order valence-corrected chi connectivity index (χ0v) is 11.7. The van der Waals surface area contributed by atoms with Gasteiger partial charge in [0.15, 0.2) is 9.84 Å². The molecule has 0 bridgehead atoms. The number of esters is 1. The van der Waals surface area contributed by atoms with Crippen LogP contribution in [-0.2, 0) is 19.4 Å². The summed E-state index contributed by atoms with van der Waals surface area (Å²) < 4.78 is 28.3. The van der Waals surface area contributed by atoms with E-state index in [4.69, 9.17) is 0 Å². The minimum atomic E-state index is -3.41. The lowest BCUT2D eigenvalue weighted by Crippen LogP contribution is -2.12. The van der Waals surface area contributed by atoms with Gasteiger partial charge in [0.05, 0.1) is 24.2 Å². The van der Waals surface area contributed by atoms with Crippen LogP contribution in [0.15, 0.2) is 29.2 Å². The molecule has 0 atom stereocenters. The van der Waals surface area contributed by atoms with Crippen LogP contribution < -0.4 is 0 Å². The number of hydrogen-bond acceptors (Lipinski definition) is 4. The fourth-order valence-corrected chi connectivity index (χ4v) is 2.72. The van der Waals surface area contributed by atoms with Gasteiger partial charge >= 0.3 is 5.97 Å². The summed E-state index contributed by atoms with van der Waals surface area (Å²) in [7, 11) is -2.17. The first kappa shape index (κ1) is 14.7. The molecule has 0 unspecified atom stereocenters. The fourth-order valence-electron chi connectivity index (χ4n) is 1.50. The average molecular weight is 270 g/mol. The second-order valence-electron chi connectivity index (χ2n) is 4.37. The minimum absolute atomic E-state index is 0.120. The van der Waals surface area contributed by atoms with Crippen molar-refractivity contribution in [1.29, 1.82) is 0 Å². The Balaban J connectivity index is 2.82. The van der Waals surface area contributed by atoms with E-state index in [0.29, 0.717) is 5.92 Å². The van der Waals surface area contributed by atoms with Gasteiger partial charge in [-0.25, -0.2) is 8.42 Å². The number of ether oxygens (including phenoxy) is 1. The van der Waals surface area contributed by atoms with Gasteiger partial charge in [0, 0.05) is 0 Å². The summed E-state index contributed by atoms with van der Waals surface area (Å²) in [5.41, 5.74) is 1.09. The molecule has 0 saturated carbocycles. The highest BCUT2D eigenvalue weighted by atomic mass is 32.2. The van der Waals surface area contributed by atoms with Crippen LogP contribution in [0.25, 0.3) is 0 Å². The van der Waals surface area contributed by atoms with Crippen LogP contribution >= 0.6 is 0 Å². The molecule has 18 heavy (non-hydrogen) atoms. The topological polar surface area (TPSA) is 60.4 Å². The van der Waals surface area contributed by atoms with E-state index in [1.165, 1.54) is 7.11 Å². The maximum atomic E-state index is 11.9. The monoisotopic (exact) mass is 270 g/mol. The third-order valence-electron chi connectivity index (χ3n) is 2.71. The number of sulfone groups is 1. The van der Waals surface area contributed by atoms with Crippen LogP contribution in [0.2, 0.25) is 0 Å². The van der Waals surface area contributed by atoms with Gasteiger partial charge in [-0.3, -0.25) is 4.79 Å². The van der Waals surface area contributed by atoms with Gasteiger partial charge in [0.1, 0.15) is 0 Å². The van der Waals surface area contributed by atoms with Gasteiger partial charge < -0.3 is 4.74 Å². The Kier molecular flexibility index (Phi) is 4.90. The van der Waals surface area contributed by atoms with Gasteiger partial charge in [0.2, 0.25) is 0 Å². The van der Waals surface area contributed by atoms with Crippen LogP contribution in [0.1, 0.15) is 31.7 Å². The molecule has 0 spiro atoms. The Labute approximate surface area is 108 Å². The molecule has 1 aromatic carbocycles. The van der Waals surface area contributed by atoms with Crippen molar-refractivity contribution in [2.24, 2.45) is 0 Å². The summed E-state index contributed by atoms with van der Waals surface area (Å²) in [5, 5.41) is 0. The molecule has 0 aromatic heterocycles.